The van der Waals surface area contributed by atoms with Crippen LogP contribution in [0, 0.1) is 0 Å². The van der Waals surface area contributed by atoms with Gasteiger partial charge in [-0.1, -0.05) is 42.5 Å². The Balaban J connectivity index is 1.54. The topological polar surface area (TPSA) is 65.1 Å². The van der Waals surface area contributed by atoms with Crippen LogP contribution in [0.25, 0.3) is 0 Å². The maximum Gasteiger partial charge on any atom is 0.338 e. The van der Waals surface area contributed by atoms with Crippen LogP contribution in [-0.2, 0) is 9.53 Å². The van der Waals surface area contributed by atoms with Crippen molar-refractivity contribution in [3.8, 4) is 11.5 Å². The van der Waals surface area contributed by atoms with E-state index in [0.717, 1.165) is 5.56 Å². The lowest BCUT2D eigenvalue weighted by Gasteiger charge is -2.37. The molecule has 0 saturated heterocycles. The van der Waals surface area contributed by atoms with E-state index in [1.807, 2.05) is 54.6 Å². The molecule has 4 rings (SSSR count). The number of hydrogen-bond donors (Lipinski definition) is 0. The SMILES string of the molecule is COc1ccc(C(=O)OCC(=O)N2c3ccccc3OCC2c2ccccc2)cc1. The largest absolute Gasteiger partial charge is 0.497 e. The van der Waals surface area contributed by atoms with E-state index in [4.69, 9.17) is 14.2 Å². The van der Waals surface area contributed by atoms with Crippen molar-refractivity contribution < 1.29 is 23.8 Å². The highest BCUT2D eigenvalue weighted by atomic mass is 16.5. The van der Waals surface area contributed by atoms with E-state index in [0.29, 0.717) is 29.4 Å². The lowest BCUT2D eigenvalue weighted by Crippen LogP contribution is -2.43. The minimum Gasteiger partial charge on any atom is -0.497 e. The summed E-state index contributed by atoms with van der Waals surface area (Å²) in [4.78, 5) is 27.2. The monoisotopic (exact) mass is 403 g/mol. The molecule has 0 aromatic heterocycles. The highest BCUT2D eigenvalue weighted by molar-refractivity contribution is 5.99. The van der Waals surface area contributed by atoms with E-state index in [9.17, 15) is 9.59 Å². The summed E-state index contributed by atoms with van der Waals surface area (Å²) in [5.74, 6) is 0.378. The number of carbonyl (C=O) groups is 2. The van der Waals surface area contributed by atoms with Crippen molar-refractivity contribution in [3.63, 3.8) is 0 Å². The standard InChI is InChI=1S/C24H21NO5/c1-28-19-13-11-18(12-14-19)24(27)30-16-23(26)25-20-9-5-6-10-22(20)29-15-21(25)17-7-3-2-4-8-17/h2-14,21H,15-16H2,1H3. The lowest BCUT2D eigenvalue weighted by atomic mass is 10.0. The fraction of sp³-hybridized carbons (Fsp3) is 0.167. The Morgan fingerprint density at radius 1 is 0.967 bits per heavy atom. The third-order valence-electron chi connectivity index (χ3n) is 4.94. The van der Waals surface area contributed by atoms with Gasteiger partial charge in [-0.2, -0.15) is 0 Å². The van der Waals surface area contributed by atoms with Crippen molar-refractivity contribution in [2.24, 2.45) is 0 Å². The predicted octanol–water partition coefficient (Wildman–Crippen LogP) is 4.02. The Labute approximate surface area is 174 Å². The van der Waals surface area contributed by atoms with Crippen LogP contribution in [0.3, 0.4) is 0 Å². The number of rotatable bonds is 5. The smallest absolute Gasteiger partial charge is 0.338 e. The van der Waals surface area contributed by atoms with Crippen LogP contribution in [0.4, 0.5) is 5.69 Å². The zero-order chi connectivity index (χ0) is 20.9. The molecule has 1 amide bonds. The van der Waals surface area contributed by atoms with E-state index in [1.54, 1.807) is 36.3 Å². The maximum atomic E-state index is 13.2. The molecule has 0 bridgehead atoms. The number of hydrogen-bond acceptors (Lipinski definition) is 5. The normalized spacial score (nSPS) is 15.0. The van der Waals surface area contributed by atoms with Crippen molar-refractivity contribution in [2.75, 3.05) is 25.2 Å². The van der Waals surface area contributed by atoms with Gasteiger partial charge < -0.3 is 14.2 Å². The first-order chi connectivity index (χ1) is 14.7. The zero-order valence-corrected chi connectivity index (χ0v) is 16.5. The summed E-state index contributed by atoms with van der Waals surface area (Å²) < 4.78 is 16.3. The average Bonchev–Trinajstić information content (AvgIpc) is 2.82. The van der Waals surface area contributed by atoms with Crippen molar-refractivity contribution in [3.05, 3.63) is 90.0 Å². The number of fused-ring (bicyclic) bond motifs is 1. The second-order valence-electron chi connectivity index (χ2n) is 6.77. The van der Waals surface area contributed by atoms with Gasteiger partial charge in [-0.25, -0.2) is 4.79 Å². The van der Waals surface area contributed by atoms with Gasteiger partial charge in [0.1, 0.15) is 18.1 Å². The number of amides is 1. The van der Waals surface area contributed by atoms with Crippen LogP contribution >= 0.6 is 0 Å². The van der Waals surface area contributed by atoms with E-state index in [1.165, 1.54) is 0 Å². The van der Waals surface area contributed by atoms with Crippen molar-refractivity contribution in [1.82, 2.24) is 0 Å². The van der Waals surface area contributed by atoms with Gasteiger partial charge in [0.15, 0.2) is 6.61 Å². The summed E-state index contributed by atoms with van der Waals surface area (Å²) in [6, 6.07) is 23.2. The molecule has 3 aromatic carbocycles. The molecule has 0 aliphatic carbocycles. The number of para-hydroxylation sites is 2. The zero-order valence-electron chi connectivity index (χ0n) is 16.5. The fourth-order valence-corrected chi connectivity index (χ4v) is 3.43. The number of carbonyl (C=O) groups excluding carboxylic acids is 2. The summed E-state index contributed by atoms with van der Waals surface area (Å²) in [6.45, 7) is -0.0538. The predicted molar refractivity (Wildman–Crippen MR) is 112 cm³/mol. The second-order valence-corrected chi connectivity index (χ2v) is 6.77. The minimum atomic E-state index is -0.566. The van der Waals surface area contributed by atoms with Gasteiger partial charge in [-0.15, -0.1) is 0 Å². The Kier molecular flexibility index (Phi) is 5.66. The molecular weight excluding hydrogens is 382 g/mol. The van der Waals surface area contributed by atoms with Crippen LogP contribution in [0.2, 0.25) is 0 Å². The minimum absolute atomic E-state index is 0.312. The van der Waals surface area contributed by atoms with Crippen LogP contribution in [0.1, 0.15) is 22.0 Å². The molecule has 0 radical (unpaired) electrons. The number of ether oxygens (including phenoxy) is 3. The highest BCUT2D eigenvalue weighted by Crippen LogP contribution is 2.39. The van der Waals surface area contributed by atoms with Crippen LogP contribution in [-0.4, -0.2) is 32.2 Å². The van der Waals surface area contributed by atoms with Gasteiger partial charge in [0, 0.05) is 0 Å². The second kappa shape index (κ2) is 8.69. The Morgan fingerprint density at radius 2 is 1.67 bits per heavy atom. The third-order valence-corrected chi connectivity index (χ3v) is 4.94. The van der Waals surface area contributed by atoms with Crippen LogP contribution < -0.4 is 14.4 Å². The molecule has 0 fully saturated rings. The Morgan fingerprint density at radius 3 is 2.40 bits per heavy atom. The van der Waals surface area contributed by atoms with E-state index >= 15 is 0 Å². The molecule has 6 heteroatoms. The summed E-state index contributed by atoms with van der Waals surface area (Å²) in [5.41, 5.74) is 1.95. The van der Waals surface area contributed by atoms with Crippen molar-refractivity contribution in [1.29, 1.82) is 0 Å². The molecule has 3 aromatic rings. The van der Waals surface area contributed by atoms with Crippen molar-refractivity contribution in [2.45, 2.75) is 6.04 Å². The Bertz CT molecular complexity index is 1030. The molecular formula is C24H21NO5. The first-order valence-electron chi connectivity index (χ1n) is 9.57. The molecule has 0 saturated carbocycles. The maximum absolute atomic E-state index is 13.2. The summed E-state index contributed by atoms with van der Waals surface area (Å²) in [5, 5.41) is 0. The molecule has 152 valence electrons. The third kappa shape index (κ3) is 3.98. The van der Waals surface area contributed by atoms with Crippen LogP contribution in [0.15, 0.2) is 78.9 Å². The number of nitrogens with zero attached hydrogens (tertiary/aromatic N) is 1. The van der Waals surface area contributed by atoms with E-state index in [2.05, 4.69) is 0 Å². The van der Waals surface area contributed by atoms with Crippen molar-refractivity contribution >= 4 is 17.6 Å². The molecule has 1 aliphatic heterocycles. The molecule has 0 N–H and O–H groups in total. The Hall–Kier alpha value is -3.80. The molecule has 1 unspecified atom stereocenters. The van der Waals surface area contributed by atoms with Gasteiger partial charge in [-0.3, -0.25) is 9.69 Å². The first-order valence-corrected chi connectivity index (χ1v) is 9.57. The first kappa shape index (κ1) is 19.5. The lowest BCUT2D eigenvalue weighted by molar-refractivity contribution is -0.122. The van der Waals surface area contributed by atoms with E-state index in [-0.39, 0.29) is 18.6 Å². The number of methoxy groups -OCH3 is 1. The van der Waals surface area contributed by atoms with Gasteiger partial charge in [-0.05, 0) is 42.0 Å². The summed E-state index contributed by atoms with van der Waals surface area (Å²) in [7, 11) is 1.55. The molecule has 1 atom stereocenters. The summed E-state index contributed by atoms with van der Waals surface area (Å²) in [6.07, 6.45) is 0. The van der Waals surface area contributed by atoms with E-state index < -0.39 is 5.97 Å². The number of esters is 1. The van der Waals surface area contributed by atoms with Gasteiger partial charge in [0.25, 0.3) is 5.91 Å². The van der Waals surface area contributed by atoms with Crippen LogP contribution in [0.5, 0.6) is 11.5 Å². The van der Waals surface area contributed by atoms with Gasteiger partial charge in [0.2, 0.25) is 0 Å². The summed E-state index contributed by atoms with van der Waals surface area (Å²) >= 11 is 0. The molecule has 1 heterocycles. The molecule has 6 nitrogen and oxygen atoms in total. The molecule has 0 spiro atoms. The van der Waals surface area contributed by atoms with Gasteiger partial charge >= 0.3 is 5.97 Å². The quantitative estimate of drug-likeness (QED) is 0.602. The number of benzene rings is 3. The average molecular weight is 403 g/mol. The molecule has 30 heavy (non-hydrogen) atoms. The van der Waals surface area contributed by atoms with Gasteiger partial charge in [0.05, 0.1) is 24.4 Å². The fourth-order valence-electron chi connectivity index (χ4n) is 3.43. The number of anilines is 1. The molecule has 1 aliphatic rings. The highest BCUT2D eigenvalue weighted by Gasteiger charge is 2.33.